The molecule has 1 aliphatic carbocycles. The molecule has 1 saturated carbocycles. The first kappa shape index (κ1) is 13.9. The van der Waals surface area contributed by atoms with Gasteiger partial charge in [0.25, 0.3) is 0 Å². The third kappa shape index (κ3) is 3.17. The quantitative estimate of drug-likeness (QED) is 0.859. The highest BCUT2D eigenvalue weighted by atomic mass is 15.6. The Morgan fingerprint density at radius 2 is 2.00 bits per heavy atom. The van der Waals surface area contributed by atoms with Gasteiger partial charge in [-0.2, -0.15) is 0 Å². The number of hydrogen-bond acceptors (Lipinski definition) is 4. The molecule has 3 aliphatic rings. The summed E-state index contributed by atoms with van der Waals surface area (Å²) in [6.07, 6.45) is 9.79. The van der Waals surface area contributed by atoms with E-state index in [0.29, 0.717) is 5.92 Å². The number of piperidine rings is 1. The van der Waals surface area contributed by atoms with E-state index in [0.717, 1.165) is 17.6 Å². The van der Waals surface area contributed by atoms with Crippen molar-refractivity contribution in [3.63, 3.8) is 0 Å². The van der Waals surface area contributed by atoms with Crippen LogP contribution < -0.4 is 5.43 Å². The minimum Gasteiger partial charge on any atom is -0.302 e. The molecule has 1 atom stereocenters. The summed E-state index contributed by atoms with van der Waals surface area (Å²) in [4.78, 5) is 7.26. The van der Waals surface area contributed by atoms with Gasteiger partial charge in [-0.3, -0.25) is 10.4 Å². The van der Waals surface area contributed by atoms with Crippen LogP contribution in [0.1, 0.15) is 44.9 Å². The molecular formula is C16H28N4. The summed E-state index contributed by atoms with van der Waals surface area (Å²) in [6, 6.07) is 0. The molecule has 20 heavy (non-hydrogen) atoms. The number of rotatable bonds is 3. The van der Waals surface area contributed by atoms with Gasteiger partial charge in [0.15, 0.2) is 0 Å². The fourth-order valence-corrected chi connectivity index (χ4v) is 3.84. The van der Waals surface area contributed by atoms with E-state index in [2.05, 4.69) is 21.9 Å². The van der Waals surface area contributed by atoms with Crippen molar-refractivity contribution in [2.75, 3.05) is 26.7 Å². The molecule has 2 fully saturated rings. The molecule has 3 rings (SSSR count). The van der Waals surface area contributed by atoms with Crippen LogP contribution in [0.15, 0.2) is 17.4 Å². The van der Waals surface area contributed by atoms with E-state index in [1.165, 1.54) is 64.6 Å². The van der Waals surface area contributed by atoms with Crippen molar-refractivity contribution in [1.82, 2.24) is 15.3 Å². The third-order valence-electron chi connectivity index (χ3n) is 5.05. The first-order chi connectivity index (χ1) is 9.72. The van der Waals surface area contributed by atoms with Crippen molar-refractivity contribution in [2.45, 2.75) is 44.9 Å². The molecule has 2 aliphatic heterocycles. The van der Waals surface area contributed by atoms with Crippen molar-refractivity contribution in [3.8, 4) is 0 Å². The maximum atomic E-state index is 4.58. The Morgan fingerprint density at radius 3 is 2.70 bits per heavy atom. The largest absolute Gasteiger partial charge is 0.302 e. The van der Waals surface area contributed by atoms with E-state index < -0.39 is 0 Å². The summed E-state index contributed by atoms with van der Waals surface area (Å²) in [5.74, 6) is 3.47. The second-order valence-electron chi connectivity index (χ2n) is 6.69. The van der Waals surface area contributed by atoms with Crippen LogP contribution in [0.2, 0.25) is 0 Å². The van der Waals surface area contributed by atoms with Crippen LogP contribution >= 0.6 is 0 Å². The van der Waals surface area contributed by atoms with Crippen LogP contribution in [0.4, 0.5) is 0 Å². The van der Waals surface area contributed by atoms with E-state index in [4.69, 9.17) is 0 Å². The van der Waals surface area contributed by atoms with Gasteiger partial charge in [-0.15, -0.1) is 0 Å². The molecule has 0 amide bonds. The highest BCUT2D eigenvalue weighted by Gasteiger charge is 2.29. The number of nitrogens with zero attached hydrogens (tertiary/aromatic N) is 3. The summed E-state index contributed by atoms with van der Waals surface area (Å²) in [7, 11) is 1.99. The van der Waals surface area contributed by atoms with Gasteiger partial charge < -0.3 is 4.90 Å². The Morgan fingerprint density at radius 1 is 1.20 bits per heavy atom. The Kier molecular flexibility index (Phi) is 4.29. The predicted octanol–water partition coefficient (Wildman–Crippen LogP) is 2.60. The van der Waals surface area contributed by atoms with Crippen LogP contribution in [0, 0.1) is 11.8 Å². The Labute approximate surface area is 122 Å². The van der Waals surface area contributed by atoms with E-state index in [1.54, 1.807) is 0 Å². The lowest BCUT2D eigenvalue weighted by atomic mass is 9.88. The molecule has 4 nitrogen and oxygen atoms in total. The van der Waals surface area contributed by atoms with E-state index in [1.807, 2.05) is 12.1 Å². The van der Waals surface area contributed by atoms with Gasteiger partial charge in [-0.05, 0) is 38.1 Å². The van der Waals surface area contributed by atoms with Gasteiger partial charge in [0, 0.05) is 26.1 Å². The van der Waals surface area contributed by atoms with Crippen LogP contribution in [0.25, 0.3) is 0 Å². The Balaban J connectivity index is 1.54. The maximum Gasteiger partial charge on any atom is 0.141 e. The normalized spacial score (nSPS) is 29.4. The lowest BCUT2D eigenvalue weighted by Crippen LogP contribution is -2.45. The molecule has 1 N–H and O–H groups in total. The molecule has 0 bridgehead atoms. The van der Waals surface area contributed by atoms with Crippen molar-refractivity contribution < 1.29 is 0 Å². The summed E-state index contributed by atoms with van der Waals surface area (Å²) in [5.41, 5.74) is 3.35. The average Bonchev–Trinajstić information content (AvgIpc) is 2.80. The van der Waals surface area contributed by atoms with Gasteiger partial charge >= 0.3 is 0 Å². The van der Waals surface area contributed by atoms with Crippen LogP contribution in [0.5, 0.6) is 0 Å². The van der Waals surface area contributed by atoms with Gasteiger partial charge in [-0.1, -0.05) is 25.8 Å². The topological polar surface area (TPSA) is 30.9 Å². The molecule has 0 radical (unpaired) electrons. The minimum atomic E-state index is 0.564. The van der Waals surface area contributed by atoms with Crippen molar-refractivity contribution >= 4 is 5.84 Å². The molecule has 112 valence electrons. The molecule has 0 aromatic rings. The average molecular weight is 276 g/mol. The minimum absolute atomic E-state index is 0.564. The molecule has 0 aromatic heterocycles. The number of hydrazine groups is 1. The van der Waals surface area contributed by atoms with Crippen molar-refractivity contribution in [3.05, 3.63) is 12.4 Å². The van der Waals surface area contributed by atoms with E-state index in [9.17, 15) is 0 Å². The molecular weight excluding hydrogens is 248 g/mol. The molecule has 1 saturated heterocycles. The summed E-state index contributed by atoms with van der Waals surface area (Å²) in [6.45, 7) is 7.71. The molecule has 2 heterocycles. The SMILES string of the molecule is C=C1N=C(C2CCCN(CC3CCCCC3)C2)NN1C. The highest BCUT2D eigenvalue weighted by molar-refractivity contribution is 5.87. The van der Waals surface area contributed by atoms with Crippen molar-refractivity contribution in [1.29, 1.82) is 0 Å². The van der Waals surface area contributed by atoms with Crippen LogP contribution in [0.3, 0.4) is 0 Å². The zero-order valence-electron chi connectivity index (χ0n) is 12.8. The highest BCUT2D eigenvalue weighted by Crippen LogP contribution is 2.27. The fourth-order valence-electron chi connectivity index (χ4n) is 3.84. The van der Waals surface area contributed by atoms with Gasteiger partial charge in [0.2, 0.25) is 0 Å². The van der Waals surface area contributed by atoms with Gasteiger partial charge in [0.05, 0.1) is 0 Å². The van der Waals surface area contributed by atoms with Crippen LogP contribution in [-0.2, 0) is 0 Å². The maximum absolute atomic E-state index is 4.58. The zero-order chi connectivity index (χ0) is 13.9. The number of aliphatic imine (C=N–C) groups is 1. The lowest BCUT2D eigenvalue weighted by Gasteiger charge is -2.36. The van der Waals surface area contributed by atoms with Gasteiger partial charge in [-0.25, -0.2) is 4.99 Å². The number of nitrogens with one attached hydrogen (secondary N) is 1. The second kappa shape index (κ2) is 6.17. The Bertz CT molecular complexity index is 384. The lowest BCUT2D eigenvalue weighted by molar-refractivity contribution is 0.156. The Hall–Kier alpha value is -1.03. The standard InChI is InChI=1S/C16H28N4/c1-13-17-16(18-19(13)2)15-9-6-10-20(12-15)11-14-7-4-3-5-8-14/h14-15H,1,3-12H2,2H3,(H,17,18). The third-order valence-corrected chi connectivity index (χ3v) is 5.05. The molecule has 0 spiro atoms. The second-order valence-corrected chi connectivity index (χ2v) is 6.69. The van der Waals surface area contributed by atoms with Crippen LogP contribution in [-0.4, -0.2) is 42.4 Å². The first-order valence-corrected chi connectivity index (χ1v) is 8.22. The molecule has 4 heteroatoms. The van der Waals surface area contributed by atoms with E-state index in [-0.39, 0.29) is 0 Å². The number of likely N-dealkylation sites (tertiary alicyclic amines) is 1. The van der Waals surface area contributed by atoms with E-state index >= 15 is 0 Å². The first-order valence-electron chi connectivity index (χ1n) is 8.22. The van der Waals surface area contributed by atoms with Gasteiger partial charge in [0.1, 0.15) is 11.7 Å². The molecule has 1 unspecified atom stereocenters. The number of hydrogen-bond donors (Lipinski definition) is 1. The fraction of sp³-hybridized carbons (Fsp3) is 0.812. The summed E-state index contributed by atoms with van der Waals surface area (Å²) < 4.78 is 0. The smallest absolute Gasteiger partial charge is 0.141 e. The predicted molar refractivity (Wildman–Crippen MR) is 83.2 cm³/mol. The zero-order valence-corrected chi connectivity index (χ0v) is 12.8. The summed E-state index contributed by atoms with van der Waals surface area (Å²) in [5, 5.41) is 1.93. The monoisotopic (exact) mass is 276 g/mol. The van der Waals surface area contributed by atoms with Crippen molar-refractivity contribution in [2.24, 2.45) is 16.8 Å². The number of amidine groups is 1. The molecule has 0 aromatic carbocycles. The summed E-state index contributed by atoms with van der Waals surface area (Å²) >= 11 is 0.